The molecule has 0 spiro atoms. The van der Waals surface area contributed by atoms with Crippen molar-refractivity contribution in [3.8, 4) is 0 Å². The number of nitrogens with one attached hydrogen (secondary N) is 1. The van der Waals surface area contributed by atoms with Gasteiger partial charge in [-0.3, -0.25) is 4.90 Å². The van der Waals surface area contributed by atoms with Crippen LogP contribution in [-0.2, 0) is 6.54 Å². The zero-order valence-electron chi connectivity index (χ0n) is 10.6. The first kappa shape index (κ1) is 12.9. The van der Waals surface area contributed by atoms with Crippen molar-refractivity contribution in [2.45, 2.75) is 38.4 Å². The molecule has 1 fully saturated rings. The smallest absolute Gasteiger partial charge is 0.0451 e. The first-order chi connectivity index (χ1) is 8.16. The minimum Gasteiger partial charge on any atom is -0.312 e. The summed E-state index contributed by atoms with van der Waals surface area (Å²) in [5.74, 6) is 0. The molecule has 2 rings (SSSR count). The van der Waals surface area contributed by atoms with E-state index in [1.165, 1.54) is 18.4 Å². The van der Waals surface area contributed by atoms with Gasteiger partial charge in [0.2, 0.25) is 0 Å². The molecule has 1 aliphatic carbocycles. The van der Waals surface area contributed by atoms with E-state index in [2.05, 4.69) is 30.3 Å². The molecule has 1 aromatic carbocycles. The fraction of sp³-hybridized carbons (Fsp3) is 0.571. The van der Waals surface area contributed by atoms with Crippen LogP contribution in [-0.4, -0.2) is 30.6 Å². The van der Waals surface area contributed by atoms with E-state index in [1.807, 2.05) is 18.2 Å². The van der Waals surface area contributed by atoms with Crippen molar-refractivity contribution in [3.63, 3.8) is 0 Å². The largest absolute Gasteiger partial charge is 0.312 e. The molecule has 0 aliphatic heterocycles. The van der Waals surface area contributed by atoms with Gasteiger partial charge >= 0.3 is 0 Å². The Morgan fingerprint density at radius 2 is 2.12 bits per heavy atom. The molecule has 0 saturated heterocycles. The molecule has 0 aromatic heterocycles. The summed E-state index contributed by atoms with van der Waals surface area (Å²) in [6.07, 6.45) is 2.70. The average molecular weight is 253 g/mol. The van der Waals surface area contributed by atoms with Crippen LogP contribution in [0.3, 0.4) is 0 Å². The predicted octanol–water partition coefficient (Wildman–Crippen LogP) is 2.91. The van der Waals surface area contributed by atoms with E-state index >= 15 is 0 Å². The summed E-state index contributed by atoms with van der Waals surface area (Å²) in [6, 6.07) is 9.39. The molecule has 0 radical (unpaired) electrons. The third kappa shape index (κ3) is 3.98. The van der Waals surface area contributed by atoms with E-state index in [-0.39, 0.29) is 0 Å². The fourth-order valence-corrected chi connectivity index (χ4v) is 2.03. The van der Waals surface area contributed by atoms with Gasteiger partial charge in [-0.1, -0.05) is 29.8 Å². The quantitative estimate of drug-likeness (QED) is 0.838. The summed E-state index contributed by atoms with van der Waals surface area (Å²) in [4.78, 5) is 2.34. The second-order valence-corrected chi connectivity index (χ2v) is 5.45. The lowest BCUT2D eigenvalue weighted by Gasteiger charge is -2.25. The maximum Gasteiger partial charge on any atom is 0.0451 e. The van der Waals surface area contributed by atoms with Gasteiger partial charge < -0.3 is 5.32 Å². The van der Waals surface area contributed by atoms with Crippen LogP contribution < -0.4 is 5.32 Å². The number of hydrogen-bond donors (Lipinski definition) is 1. The Hall–Kier alpha value is -0.570. The molecule has 0 bridgehead atoms. The van der Waals surface area contributed by atoms with Crippen LogP contribution in [0.1, 0.15) is 25.3 Å². The topological polar surface area (TPSA) is 15.3 Å². The van der Waals surface area contributed by atoms with E-state index in [9.17, 15) is 0 Å². The number of halogens is 1. The van der Waals surface area contributed by atoms with Crippen molar-refractivity contribution in [1.29, 1.82) is 0 Å². The van der Waals surface area contributed by atoms with Gasteiger partial charge in [0.05, 0.1) is 0 Å². The lowest BCUT2D eigenvalue weighted by molar-refractivity contribution is 0.242. The Morgan fingerprint density at radius 3 is 2.76 bits per heavy atom. The van der Waals surface area contributed by atoms with Crippen molar-refractivity contribution in [3.05, 3.63) is 34.9 Å². The molecule has 17 heavy (non-hydrogen) atoms. The maximum atomic E-state index is 6.17. The number of nitrogens with zero attached hydrogens (tertiary/aromatic N) is 1. The highest BCUT2D eigenvalue weighted by molar-refractivity contribution is 6.31. The van der Waals surface area contributed by atoms with E-state index in [1.54, 1.807) is 0 Å². The van der Waals surface area contributed by atoms with Gasteiger partial charge in [-0.2, -0.15) is 0 Å². The Bertz CT molecular complexity index is 363. The summed E-state index contributed by atoms with van der Waals surface area (Å²) in [5.41, 5.74) is 1.20. The minimum atomic E-state index is 0.534. The average Bonchev–Trinajstić information content (AvgIpc) is 3.13. The minimum absolute atomic E-state index is 0.534. The van der Waals surface area contributed by atoms with Crippen LogP contribution in [0.15, 0.2) is 24.3 Å². The van der Waals surface area contributed by atoms with Gasteiger partial charge in [-0.25, -0.2) is 0 Å². The molecular formula is C14H21ClN2. The lowest BCUT2D eigenvalue weighted by Crippen LogP contribution is -2.38. The first-order valence-electron chi connectivity index (χ1n) is 6.34. The van der Waals surface area contributed by atoms with Gasteiger partial charge in [0.15, 0.2) is 0 Å². The molecule has 1 aromatic rings. The van der Waals surface area contributed by atoms with Crippen LogP contribution >= 0.6 is 11.6 Å². The predicted molar refractivity (Wildman–Crippen MR) is 73.4 cm³/mol. The highest BCUT2D eigenvalue weighted by atomic mass is 35.5. The van der Waals surface area contributed by atoms with E-state index in [0.717, 1.165) is 24.2 Å². The Kier molecular flexibility index (Phi) is 4.43. The van der Waals surface area contributed by atoms with E-state index in [0.29, 0.717) is 6.04 Å². The van der Waals surface area contributed by atoms with Crippen LogP contribution in [0.4, 0.5) is 0 Å². The molecule has 2 nitrogen and oxygen atoms in total. The van der Waals surface area contributed by atoms with Gasteiger partial charge in [-0.05, 0) is 38.4 Å². The van der Waals surface area contributed by atoms with Crippen LogP contribution in [0, 0.1) is 0 Å². The molecule has 94 valence electrons. The third-order valence-electron chi connectivity index (χ3n) is 3.41. The monoisotopic (exact) mass is 252 g/mol. The molecular weight excluding hydrogens is 232 g/mol. The van der Waals surface area contributed by atoms with Gasteiger partial charge in [0.1, 0.15) is 0 Å². The van der Waals surface area contributed by atoms with E-state index in [4.69, 9.17) is 11.6 Å². The maximum absolute atomic E-state index is 6.17. The van der Waals surface area contributed by atoms with Gasteiger partial charge in [-0.15, -0.1) is 0 Å². The first-order valence-corrected chi connectivity index (χ1v) is 6.71. The number of likely N-dealkylation sites (N-methyl/N-ethyl adjacent to an activating group) is 1. The third-order valence-corrected chi connectivity index (χ3v) is 3.78. The molecule has 3 heteroatoms. The molecule has 1 unspecified atom stereocenters. The summed E-state index contributed by atoms with van der Waals surface area (Å²) < 4.78 is 0. The molecule has 1 N–H and O–H groups in total. The number of rotatable bonds is 6. The Morgan fingerprint density at radius 1 is 1.41 bits per heavy atom. The summed E-state index contributed by atoms with van der Waals surface area (Å²) in [6.45, 7) is 4.23. The van der Waals surface area contributed by atoms with Crippen LogP contribution in [0.5, 0.6) is 0 Å². The highest BCUT2D eigenvalue weighted by Crippen LogP contribution is 2.19. The standard InChI is InChI=1S/C14H21ClN2/c1-11(9-16-13-7-8-13)17(2)10-12-5-3-4-6-14(12)15/h3-6,11,13,16H,7-10H2,1-2H3. The lowest BCUT2D eigenvalue weighted by atomic mass is 10.2. The fourth-order valence-electron chi connectivity index (χ4n) is 1.83. The van der Waals surface area contributed by atoms with Crippen molar-refractivity contribution in [1.82, 2.24) is 10.2 Å². The van der Waals surface area contributed by atoms with Gasteiger partial charge in [0.25, 0.3) is 0 Å². The molecule has 0 amide bonds. The second kappa shape index (κ2) is 5.85. The molecule has 1 aliphatic rings. The number of hydrogen-bond acceptors (Lipinski definition) is 2. The van der Waals surface area contributed by atoms with Crippen LogP contribution in [0.25, 0.3) is 0 Å². The molecule has 0 heterocycles. The molecule has 1 atom stereocenters. The summed E-state index contributed by atoms with van der Waals surface area (Å²) in [7, 11) is 2.16. The van der Waals surface area contributed by atoms with Crippen molar-refractivity contribution < 1.29 is 0 Å². The van der Waals surface area contributed by atoms with Crippen molar-refractivity contribution >= 4 is 11.6 Å². The van der Waals surface area contributed by atoms with E-state index < -0.39 is 0 Å². The normalized spacial score (nSPS) is 17.4. The molecule has 1 saturated carbocycles. The zero-order chi connectivity index (χ0) is 12.3. The van der Waals surface area contributed by atoms with Gasteiger partial charge in [0, 0.05) is 30.2 Å². The number of benzene rings is 1. The zero-order valence-corrected chi connectivity index (χ0v) is 11.4. The SMILES string of the molecule is CC(CNC1CC1)N(C)Cc1ccccc1Cl. The van der Waals surface area contributed by atoms with Crippen LogP contribution in [0.2, 0.25) is 5.02 Å². The Balaban J connectivity index is 1.82. The Labute approximate surface area is 109 Å². The van der Waals surface area contributed by atoms with Crippen molar-refractivity contribution in [2.75, 3.05) is 13.6 Å². The summed E-state index contributed by atoms with van der Waals surface area (Å²) in [5, 5.41) is 4.43. The van der Waals surface area contributed by atoms with Crippen molar-refractivity contribution in [2.24, 2.45) is 0 Å². The second-order valence-electron chi connectivity index (χ2n) is 5.04. The highest BCUT2D eigenvalue weighted by Gasteiger charge is 2.21. The summed E-state index contributed by atoms with van der Waals surface area (Å²) >= 11 is 6.17.